The smallest absolute Gasteiger partial charge is 0.0115 e. The summed E-state index contributed by atoms with van der Waals surface area (Å²) >= 11 is 0. The fourth-order valence-electron chi connectivity index (χ4n) is 8.52. The van der Waals surface area contributed by atoms with Crippen LogP contribution in [0.2, 0.25) is 0 Å². The Labute approximate surface area is 165 Å². The van der Waals surface area contributed by atoms with Crippen molar-refractivity contribution in [1.82, 2.24) is 4.90 Å². The molecule has 0 amide bonds. The first-order valence-corrected chi connectivity index (χ1v) is 11.3. The van der Waals surface area contributed by atoms with E-state index in [9.17, 15) is 0 Å². The van der Waals surface area contributed by atoms with E-state index in [1.54, 1.807) is 5.56 Å². The van der Waals surface area contributed by atoms with Crippen molar-refractivity contribution in [1.29, 1.82) is 0 Å². The normalized spacial score (nSPS) is 45.9. The van der Waals surface area contributed by atoms with Crippen molar-refractivity contribution < 1.29 is 0 Å². The number of hydrogen-bond donors (Lipinski definition) is 1. The number of hydrogen-bond acceptors (Lipinski definition) is 2. The zero-order chi connectivity index (χ0) is 18.9. The van der Waals surface area contributed by atoms with E-state index in [1.165, 1.54) is 58.2 Å². The van der Waals surface area contributed by atoms with E-state index in [1.807, 2.05) is 0 Å². The minimum absolute atomic E-state index is 0.252. The maximum atomic E-state index is 6.43. The average Bonchev–Trinajstić information content (AvgIpc) is 2.56. The van der Waals surface area contributed by atoms with Gasteiger partial charge in [-0.15, -0.1) is 0 Å². The molecule has 1 aromatic rings. The predicted molar refractivity (Wildman–Crippen MR) is 113 cm³/mol. The summed E-state index contributed by atoms with van der Waals surface area (Å²) in [7, 11) is 0. The van der Waals surface area contributed by atoms with Gasteiger partial charge in [-0.2, -0.15) is 0 Å². The summed E-state index contributed by atoms with van der Waals surface area (Å²) in [5, 5.41) is 0. The second kappa shape index (κ2) is 5.83. The number of nitrogens with two attached hydrogens (primary N) is 1. The molecule has 5 fully saturated rings. The highest BCUT2D eigenvalue weighted by Gasteiger charge is 2.62. The first-order valence-electron chi connectivity index (χ1n) is 11.3. The molecule has 0 radical (unpaired) electrons. The monoisotopic (exact) mass is 366 g/mol. The van der Waals surface area contributed by atoms with Gasteiger partial charge in [0.2, 0.25) is 0 Å². The second-order valence-corrected chi connectivity index (χ2v) is 12.1. The zero-order valence-electron chi connectivity index (χ0n) is 17.6. The van der Waals surface area contributed by atoms with Gasteiger partial charge in [0, 0.05) is 19.1 Å². The van der Waals surface area contributed by atoms with Crippen LogP contribution in [0.25, 0.3) is 0 Å². The Bertz CT molecular complexity index is 712. The van der Waals surface area contributed by atoms with E-state index in [0.717, 1.165) is 12.3 Å². The molecule has 2 N–H and O–H groups in total. The maximum Gasteiger partial charge on any atom is 0.0115 e. The molecule has 6 rings (SSSR count). The third kappa shape index (κ3) is 2.99. The van der Waals surface area contributed by atoms with Crippen molar-refractivity contribution in [3.05, 3.63) is 35.9 Å². The molecule has 148 valence electrons. The minimum Gasteiger partial charge on any atom is -0.327 e. The molecule has 4 aliphatic carbocycles. The van der Waals surface area contributed by atoms with Crippen molar-refractivity contribution >= 4 is 0 Å². The first kappa shape index (κ1) is 18.2. The molecule has 0 aromatic heterocycles. The van der Waals surface area contributed by atoms with E-state index < -0.39 is 0 Å². The Morgan fingerprint density at radius 1 is 1.00 bits per heavy atom. The Balaban J connectivity index is 1.45. The van der Waals surface area contributed by atoms with E-state index in [4.69, 9.17) is 5.73 Å². The van der Waals surface area contributed by atoms with Gasteiger partial charge in [0.05, 0.1) is 0 Å². The average molecular weight is 367 g/mol. The van der Waals surface area contributed by atoms with Crippen LogP contribution in [0.3, 0.4) is 0 Å². The SMILES string of the molecule is CC1(C)CN(CC23CC4C[C@@](C)(C2)C[C@](c2ccccc2)(C4)C3)CC[C@@H]1N. The summed E-state index contributed by atoms with van der Waals surface area (Å²) in [5.74, 6) is 0.937. The lowest BCUT2D eigenvalue weighted by Crippen LogP contribution is -2.62. The van der Waals surface area contributed by atoms with Crippen molar-refractivity contribution in [3.8, 4) is 0 Å². The van der Waals surface area contributed by atoms with E-state index in [-0.39, 0.29) is 5.41 Å². The van der Waals surface area contributed by atoms with E-state index in [2.05, 4.69) is 56.0 Å². The number of piperidine rings is 1. The Kier molecular flexibility index (Phi) is 3.93. The Morgan fingerprint density at radius 2 is 1.78 bits per heavy atom. The Morgan fingerprint density at radius 3 is 2.48 bits per heavy atom. The van der Waals surface area contributed by atoms with Gasteiger partial charge in [-0.1, -0.05) is 51.1 Å². The summed E-state index contributed by atoms with van der Waals surface area (Å²) in [6.07, 6.45) is 9.82. The lowest BCUT2D eigenvalue weighted by molar-refractivity contribution is -0.132. The molecular formula is C25H38N2. The highest BCUT2D eigenvalue weighted by Crippen LogP contribution is 2.70. The van der Waals surface area contributed by atoms with Gasteiger partial charge in [0.1, 0.15) is 0 Å². The number of benzene rings is 1. The molecule has 5 atom stereocenters. The van der Waals surface area contributed by atoms with Crippen LogP contribution in [-0.2, 0) is 5.41 Å². The summed E-state index contributed by atoms with van der Waals surface area (Å²) < 4.78 is 0. The molecule has 2 unspecified atom stereocenters. The van der Waals surface area contributed by atoms with Crippen LogP contribution in [0.4, 0.5) is 0 Å². The molecule has 1 aromatic carbocycles. The predicted octanol–water partition coefficient (Wildman–Crippen LogP) is 4.97. The minimum atomic E-state index is 0.252. The van der Waals surface area contributed by atoms with Gasteiger partial charge < -0.3 is 10.6 Å². The fourth-order valence-corrected chi connectivity index (χ4v) is 8.52. The van der Waals surface area contributed by atoms with Crippen molar-refractivity contribution in [3.63, 3.8) is 0 Å². The lowest BCUT2D eigenvalue weighted by Gasteiger charge is -2.67. The Hall–Kier alpha value is -0.860. The van der Waals surface area contributed by atoms with E-state index in [0.29, 0.717) is 22.3 Å². The van der Waals surface area contributed by atoms with Crippen molar-refractivity contribution in [2.24, 2.45) is 27.9 Å². The molecule has 27 heavy (non-hydrogen) atoms. The van der Waals surface area contributed by atoms with Gasteiger partial charge >= 0.3 is 0 Å². The van der Waals surface area contributed by atoms with Gasteiger partial charge in [-0.25, -0.2) is 0 Å². The largest absolute Gasteiger partial charge is 0.327 e. The highest BCUT2D eigenvalue weighted by atomic mass is 15.2. The molecule has 4 saturated carbocycles. The topological polar surface area (TPSA) is 29.3 Å². The zero-order valence-corrected chi connectivity index (χ0v) is 17.6. The van der Waals surface area contributed by atoms with Gasteiger partial charge in [-0.3, -0.25) is 0 Å². The van der Waals surface area contributed by atoms with Crippen LogP contribution in [0.15, 0.2) is 30.3 Å². The molecule has 2 nitrogen and oxygen atoms in total. The van der Waals surface area contributed by atoms with Gasteiger partial charge in [0.15, 0.2) is 0 Å². The quantitative estimate of drug-likeness (QED) is 0.818. The van der Waals surface area contributed by atoms with Crippen LogP contribution >= 0.6 is 0 Å². The van der Waals surface area contributed by atoms with Crippen LogP contribution in [0, 0.1) is 22.2 Å². The summed E-state index contributed by atoms with van der Waals surface area (Å²) in [6, 6.07) is 11.9. The van der Waals surface area contributed by atoms with E-state index >= 15 is 0 Å². The van der Waals surface area contributed by atoms with Crippen LogP contribution in [0.1, 0.15) is 71.3 Å². The molecule has 5 aliphatic rings. The number of rotatable bonds is 3. The third-order valence-corrected chi connectivity index (χ3v) is 8.80. The lowest BCUT2D eigenvalue weighted by atomic mass is 9.39. The third-order valence-electron chi connectivity index (χ3n) is 8.80. The van der Waals surface area contributed by atoms with Gasteiger partial charge in [-0.05, 0) is 84.6 Å². The molecule has 1 heterocycles. The number of likely N-dealkylation sites (tertiary alicyclic amines) is 1. The number of nitrogens with zero attached hydrogens (tertiary/aromatic N) is 1. The molecule has 1 saturated heterocycles. The van der Waals surface area contributed by atoms with Gasteiger partial charge in [0.25, 0.3) is 0 Å². The second-order valence-electron chi connectivity index (χ2n) is 12.1. The van der Waals surface area contributed by atoms with Crippen molar-refractivity contribution in [2.45, 2.75) is 77.2 Å². The molecular weight excluding hydrogens is 328 g/mol. The standard InChI is InChI=1S/C25H38N2/c1-22(2)17-27(10-9-21(22)26)18-24-12-19-11-23(3,14-24)15-25(13-19,16-24)20-7-5-4-6-8-20/h4-8,19,21H,9-18,26H2,1-3H3/t19?,21-,23-,24?,25+/m0/s1. The molecule has 1 aliphatic heterocycles. The molecule has 4 bridgehead atoms. The van der Waals surface area contributed by atoms with Crippen LogP contribution in [-0.4, -0.2) is 30.6 Å². The summed E-state index contributed by atoms with van der Waals surface area (Å²) in [5.41, 5.74) is 9.83. The summed E-state index contributed by atoms with van der Waals surface area (Å²) in [6.45, 7) is 11.0. The van der Waals surface area contributed by atoms with Crippen LogP contribution in [0.5, 0.6) is 0 Å². The maximum absolute atomic E-state index is 6.43. The molecule has 0 spiro atoms. The summed E-state index contributed by atoms with van der Waals surface area (Å²) in [4.78, 5) is 2.79. The van der Waals surface area contributed by atoms with Crippen LogP contribution < -0.4 is 5.73 Å². The highest BCUT2D eigenvalue weighted by molar-refractivity contribution is 5.31. The first-order chi connectivity index (χ1) is 12.7. The molecule has 2 heteroatoms. The fraction of sp³-hybridized carbons (Fsp3) is 0.760. The van der Waals surface area contributed by atoms with Crippen molar-refractivity contribution in [2.75, 3.05) is 19.6 Å².